The van der Waals surface area contributed by atoms with Crippen LogP contribution in [-0.2, 0) is 0 Å². The minimum Gasteiger partial charge on any atom is -0.497 e. The first-order chi connectivity index (χ1) is 12.7. The van der Waals surface area contributed by atoms with Crippen LogP contribution >= 0.6 is 0 Å². The maximum atomic E-state index is 5.29. The van der Waals surface area contributed by atoms with E-state index in [1.54, 1.807) is 7.11 Å². The van der Waals surface area contributed by atoms with E-state index in [9.17, 15) is 0 Å². The van der Waals surface area contributed by atoms with Gasteiger partial charge in [-0.05, 0) is 49.4 Å². The van der Waals surface area contributed by atoms with Crippen LogP contribution in [0.2, 0.25) is 0 Å². The van der Waals surface area contributed by atoms with Gasteiger partial charge in [0.25, 0.3) is 0 Å². The Morgan fingerprint density at radius 3 is 2.12 bits per heavy atom. The first-order valence-corrected chi connectivity index (χ1v) is 8.61. The number of hydrogen-bond acceptors (Lipinski definition) is 2. The number of benzene rings is 3. The van der Waals surface area contributed by atoms with Crippen LogP contribution in [0, 0.1) is 6.92 Å². The summed E-state index contributed by atoms with van der Waals surface area (Å²) in [6.45, 7) is 2.09. The largest absolute Gasteiger partial charge is 0.497 e. The lowest BCUT2D eigenvalue weighted by molar-refractivity contribution is 0.415. The number of aromatic nitrogens is 2. The summed E-state index contributed by atoms with van der Waals surface area (Å²) in [4.78, 5) is 0. The van der Waals surface area contributed by atoms with Gasteiger partial charge in [0.05, 0.1) is 24.2 Å². The smallest absolute Gasteiger partial charge is 0.118 e. The number of ether oxygens (including phenoxy) is 1. The Labute approximate surface area is 153 Å². The third-order valence-electron chi connectivity index (χ3n) is 4.44. The van der Waals surface area contributed by atoms with Crippen molar-refractivity contribution in [2.45, 2.75) is 6.92 Å². The summed E-state index contributed by atoms with van der Waals surface area (Å²) in [6.07, 6.45) is 0. The summed E-state index contributed by atoms with van der Waals surface area (Å²) in [6, 6.07) is 28.9. The quantitative estimate of drug-likeness (QED) is 0.489. The highest BCUT2D eigenvalue weighted by molar-refractivity contribution is 5.70. The van der Waals surface area contributed by atoms with Gasteiger partial charge in [-0.2, -0.15) is 5.10 Å². The normalized spacial score (nSPS) is 10.7. The van der Waals surface area contributed by atoms with Crippen molar-refractivity contribution in [1.82, 2.24) is 9.78 Å². The minimum absolute atomic E-state index is 0.846. The molecule has 1 aromatic heterocycles. The lowest BCUT2D eigenvalue weighted by Crippen LogP contribution is -1.99. The molecule has 0 aliphatic heterocycles. The van der Waals surface area contributed by atoms with Gasteiger partial charge in [-0.15, -0.1) is 0 Å². The van der Waals surface area contributed by atoms with Crippen LogP contribution < -0.4 is 4.74 Å². The molecule has 0 aliphatic rings. The number of nitrogens with zero attached hydrogens (tertiary/aromatic N) is 2. The van der Waals surface area contributed by atoms with Gasteiger partial charge in [0.15, 0.2) is 0 Å². The van der Waals surface area contributed by atoms with Crippen LogP contribution in [0.25, 0.3) is 28.2 Å². The molecule has 0 spiro atoms. The highest BCUT2D eigenvalue weighted by Gasteiger charge is 2.13. The zero-order valence-corrected chi connectivity index (χ0v) is 14.9. The topological polar surface area (TPSA) is 27.1 Å². The summed E-state index contributed by atoms with van der Waals surface area (Å²) in [5.41, 5.74) is 6.49. The predicted octanol–water partition coefficient (Wildman–Crippen LogP) is 5.52. The Bertz CT molecular complexity index is 1000. The first-order valence-electron chi connectivity index (χ1n) is 8.61. The van der Waals surface area contributed by atoms with E-state index in [2.05, 4.69) is 61.5 Å². The van der Waals surface area contributed by atoms with E-state index < -0.39 is 0 Å². The second-order valence-corrected chi connectivity index (χ2v) is 6.26. The van der Waals surface area contributed by atoms with Crippen molar-refractivity contribution < 1.29 is 4.74 Å². The van der Waals surface area contributed by atoms with E-state index in [1.165, 1.54) is 5.56 Å². The SMILES string of the molecule is COc1ccc(-c2cc(-c3ccccc3)nn2-c2ccc(C)cc2)cc1. The number of methoxy groups -OCH3 is 1. The molecule has 1 heterocycles. The Morgan fingerprint density at radius 2 is 1.46 bits per heavy atom. The van der Waals surface area contributed by atoms with E-state index >= 15 is 0 Å². The summed E-state index contributed by atoms with van der Waals surface area (Å²) in [7, 11) is 1.68. The Hall–Kier alpha value is -3.33. The minimum atomic E-state index is 0.846. The molecule has 0 amide bonds. The monoisotopic (exact) mass is 340 g/mol. The molecule has 3 aromatic carbocycles. The molecule has 0 aliphatic carbocycles. The van der Waals surface area contributed by atoms with Crippen LogP contribution in [0.15, 0.2) is 84.9 Å². The molecule has 3 nitrogen and oxygen atoms in total. The molecular weight excluding hydrogens is 320 g/mol. The molecule has 128 valence electrons. The third-order valence-corrected chi connectivity index (χ3v) is 4.44. The van der Waals surface area contributed by atoms with Gasteiger partial charge in [-0.25, -0.2) is 4.68 Å². The number of rotatable bonds is 4. The average molecular weight is 340 g/mol. The van der Waals surface area contributed by atoms with Crippen molar-refractivity contribution in [1.29, 1.82) is 0 Å². The number of hydrogen-bond donors (Lipinski definition) is 0. The first kappa shape index (κ1) is 16.2. The van der Waals surface area contributed by atoms with Crippen LogP contribution in [0.1, 0.15) is 5.56 Å². The lowest BCUT2D eigenvalue weighted by Gasteiger charge is -2.08. The summed E-state index contributed by atoms with van der Waals surface area (Å²) < 4.78 is 7.29. The standard InChI is InChI=1S/C23H20N2O/c1-17-8-12-20(13-9-17)25-23(19-10-14-21(26-2)15-11-19)16-22(24-25)18-6-4-3-5-7-18/h3-16H,1-2H3. The van der Waals surface area contributed by atoms with E-state index in [0.29, 0.717) is 0 Å². The summed E-state index contributed by atoms with van der Waals surface area (Å²) in [5, 5.41) is 4.88. The van der Waals surface area contributed by atoms with E-state index in [-0.39, 0.29) is 0 Å². The fraction of sp³-hybridized carbons (Fsp3) is 0.0870. The molecule has 0 bridgehead atoms. The highest BCUT2D eigenvalue weighted by Crippen LogP contribution is 2.29. The molecule has 0 N–H and O–H groups in total. The second kappa shape index (κ2) is 6.89. The molecule has 4 aromatic rings. The lowest BCUT2D eigenvalue weighted by atomic mass is 10.1. The van der Waals surface area contributed by atoms with Crippen molar-refractivity contribution in [3.8, 4) is 34.0 Å². The van der Waals surface area contributed by atoms with Crippen LogP contribution in [0.3, 0.4) is 0 Å². The fourth-order valence-electron chi connectivity index (χ4n) is 2.98. The van der Waals surface area contributed by atoms with E-state index in [0.717, 1.165) is 34.0 Å². The maximum absolute atomic E-state index is 5.29. The molecule has 0 saturated carbocycles. The van der Waals surface area contributed by atoms with Gasteiger partial charge >= 0.3 is 0 Å². The van der Waals surface area contributed by atoms with Gasteiger partial charge in [-0.3, -0.25) is 0 Å². The Kier molecular flexibility index (Phi) is 4.28. The highest BCUT2D eigenvalue weighted by atomic mass is 16.5. The van der Waals surface area contributed by atoms with Crippen molar-refractivity contribution in [2.75, 3.05) is 7.11 Å². The van der Waals surface area contributed by atoms with Crippen molar-refractivity contribution >= 4 is 0 Å². The molecule has 4 rings (SSSR count). The van der Waals surface area contributed by atoms with Gasteiger partial charge in [-0.1, -0.05) is 48.0 Å². The van der Waals surface area contributed by atoms with Crippen molar-refractivity contribution in [2.24, 2.45) is 0 Å². The summed E-state index contributed by atoms with van der Waals surface area (Å²) in [5.74, 6) is 0.846. The molecule has 0 atom stereocenters. The molecule has 0 saturated heterocycles. The molecule has 0 radical (unpaired) electrons. The van der Waals surface area contributed by atoms with Crippen molar-refractivity contribution in [3.05, 3.63) is 90.5 Å². The summed E-state index contributed by atoms with van der Waals surface area (Å²) >= 11 is 0. The van der Waals surface area contributed by atoms with Crippen molar-refractivity contribution in [3.63, 3.8) is 0 Å². The van der Waals surface area contributed by atoms with Gasteiger partial charge in [0.2, 0.25) is 0 Å². The van der Waals surface area contributed by atoms with Crippen LogP contribution in [0.4, 0.5) is 0 Å². The van der Waals surface area contributed by atoms with Gasteiger partial charge < -0.3 is 4.74 Å². The second-order valence-electron chi connectivity index (χ2n) is 6.26. The molecular formula is C23H20N2O. The van der Waals surface area contributed by atoms with Gasteiger partial charge in [0, 0.05) is 11.1 Å². The zero-order chi connectivity index (χ0) is 17.9. The predicted molar refractivity (Wildman–Crippen MR) is 106 cm³/mol. The van der Waals surface area contributed by atoms with E-state index in [4.69, 9.17) is 9.84 Å². The number of aryl methyl sites for hydroxylation is 1. The zero-order valence-electron chi connectivity index (χ0n) is 14.9. The molecule has 0 unspecified atom stereocenters. The van der Waals surface area contributed by atoms with E-state index in [1.807, 2.05) is 35.0 Å². The molecule has 3 heteroatoms. The van der Waals surface area contributed by atoms with Gasteiger partial charge in [0.1, 0.15) is 5.75 Å². The van der Waals surface area contributed by atoms with Crippen LogP contribution in [-0.4, -0.2) is 16.9 Å². The Balaban J connectivity index is 1.87. The average Bonchev–Trinajstić information content (AvgIpc) is 3.15. The maximum Gasteiger partial charge on any atom is 0.118 e. The fourth-order valence-corrected chi connectivity index (χ4v) is 2.98. The molecule has 26 heavy (non-hydrogen) atoms. The molecule has 0 fully saturated rings. The van der Waals surface area contributed by atoms with Crippen LogP contribution in [0.5, 0.6) is 5.75 Å². The Morgan fingerprint density at radius 1 is 0.769 bits per heavy atom. The third kappa shape index (κ3) is 3.11.